The van der Waals surface area contributed by atoms with Crippen LogP contribution in [0.5, 0.6) is 23.0 Å². The van der Waals surface area contributed by atoms with Crippen molar-refractivity contribution in [2.24, 2.45) is 0 Å². The van der Waals surface area contributed by atoms with Crippen molar-refractivity contribution in [3.8, 4) is 23.0 Å². The lowest BCUT2D eigenvalue weighted by Crippen LogP contribution is -2.34. The van der Waals surface area contributed by atoms with Gasteiger partial charge in [0.2, 0.25) is 0 Å². The van der Waals surface area contributed by atoms with Gasteiger partial charge in [-0.05, 0) is 93.4 Å². The molecular formula is C27H35NO5. The summed E-state index contributed by atoms with van der Waals surface area (Å²) >= 11 is 0. The molecule has 2 aliphatic heterocycles. The number of ether oxygens (including phenoxy) is 4. The van der Waals surface area contributed by atoms with Crippen molar-refractivity contribution < 1.29 is 23.7 Å². The molecule has 6 nitrogen and oxygen atoms in total. The smallest absolute Gasteiger partial charge is 0.308 e. The molecule has 0 radical (unpaired) electrons. The van der Waals surface area contributed by atoms with Gasteiger partial charge in [0.05, 0.1) is 20.8 Å². The average molecular weight is 454 g/mol. The van der Waals surface area contributed by atoms with E-state index in [-0.39, 0.29) is 5.97 Å². The van der Waals surface area contributed by atoms with Crippen molar-refractivity contribution in [1.29, 1.82) is 0 Å². The maximum atomic E-state index is 11.6. The Hall–Kier alpha value is -2.73. The minimum Gasteiger partial charge on any atom is -0.493 e. The van der Waals surface area contributed by atoms with Gasteiger partial charge >= 0.3 is 5.97 Å². The van der Waals surface area contributed by atoms with E-state index in [2.05, 4.69) is 17.0 Å². The van der Waals surface area contributed by atoms with Crippen LogP contribution in [0.15, 0.2) is 36.4 Å². The second-order valence-corrected chi connectivity index (χ2v) is 8.97. The zero-order valence-electron chi connectivity index (χ0n) is 20.0. The Kier molecular flexibility index (Phi) is 7.76. The number of carbonyl (C=O) groups is 1. The zero-order chi connectivity index (χ0) is 23.2. The lowest BCUT2D eigenvalue weighted by molar-refractivity contribution is -0.131. The number of likely N-dealkylation sites (tertiary alicyclic amines) is 1. The van der Waals surface area contributed by atoms with Gasteiger partial charge in [0.15, 0.2) is 11.5 Å². The predicted octanol–water partition coefficient (Wildman–Crippen LogP) is 5.16. The molecule has 1 unspecified atom stereocenters. The van der Waals surface area contributed by atoms with Crippen molar-refractivity contribution in [1.82, 2.24) is 4.90 Å². The van der Waals surface area contributed by atoms with E-state index in [9.17, 15) is 4.79 Å². The second kappa shape index (κ2) is 10.9. The molecule has 0 saturated carbocycles. The van der Waals surface area contributed by atoms with Gasteiger partial charge in [0, 0.05) is 12.5 Å². The van der Waals surface area contributed by atoms with E-state index < -0.39 is 0 Å². The highest BCUT2D eigenvalue weighted by atomic mass is 16.5. The highest BCUT2D eigenvalue weighted by molar-refractivity contribution is 5.70. The van der Waals surface area contributed by atoms with E-state index in [1.54, 1.807) is 14.2 Å². The first-order valence-corrected chi connectivity index (χ1v) is 12.0. The molecule has 0 bridgehead atoms. The van der Waals surface area contributed by atoms with Gasteiger partial charge in [0.25, 0.3) is 0 Å². The Morgan fingerprint density at radius 1 is 1.03 bits per heavy atom. The van der Waals surface area contributed by atoms with E-state index >= 15 is 0 Å². The Balaban J connectivity index is 1.37. The summed E-state index contributed by atoms with van der Waals surface area (Å²) < 4.78 is 22.4. The van der Waals surface area contributed by atoms with Crippen LogP contribution in [0, 0.1) is 0 Å². The fourth-order valence-corrected chi connectivity index (χ4v) is 5.18. The SMILES string of the molecule is COc1ccc(C2CCN(CCC3CCCOc4cccc(OC(C)=O)c43)CC2)cc1OC. The van der Waals surface area contributed by atoms with Crippen molar-refractivity contribution in [2.75, 3.05) is 40.5 Å². The first kappa shape index (κ1) is 23.4. The summed E-state index contributed by atoms with van der Waals surface area (Å²) in [6.07, 6.45) is 5.38. The number of methoxy groups -OCH3 is 2. The number of esters is 1. The lowest BCUT2D eigenvalue weighted by atomic mass is 9.87. The van der Waals surface area contributed by atoms with E-state index in [1.165, 1.54) is 12.5 Å². The number of hydrogen-bond donors (Lipinski definition) is 0. The number of piperidine rings is 1. The van der Waals surface area contributed by atoms with E-state index in [4.69, 9.17) is 18.9 Å². The first-order valence-electron chi connectivity index (χ1n) is 12.0. The van der Waals surface area contributed by atoms with Crippen molar-refractivity contribution >= 4 is 5.97 Å². The molecule has 2 aromatic carbocycles. The molecule has 0 spiro atoms. The van der Waals surface area contributed by atoms with Crippen LogP contribution in [0.25, 0.3) is 0 Å². The maximum absolute atomic E-state index is 11.6. The summed E-state index contributed by atoms with van der Waals surface area (Å²) in [5.41, 5.74) is 2.39. The third kappa shape index (κ3) is 5.61. The third-order valence-electron chi connectivity index (χ3n) is 6.90. The van der Waals surface area contributed by atoms with Crippen LogP contribution in [0.3, 0.4) is 0 Å². The second-order valence-electron chi connectivity index (χ2n) is 8.97. The number of fused-ring (bicyclic) bond motifs is 1. The van der Waals surface area contributed by atoms with E-state index in [1.807, 2.05) is 24.3 Å². The zero-order valence-corrected chi connectivity index (χ0v) is 20.0. The third-order valence-corrected chi connectivity index (χ3v) is 6.90. The standard InChI is InChI=1S/C27H35NO5/c1-19(29)33-25-8-4-7-24-27(25)21(6-5-17-32-24)13-16-28-14-11-20(12-15-28)22-9-10-23(30-2)26(18-22)31-3/h4,7-10,18,20-21H,5-6,11-17H2,1-3H3. The highest BCUT2D eigenvalue weighted by Gasteiger charge is 2.27. The summed E-state index contributed by atoms with van der Waals surface area (Å²) in [4.78, 5) is 14.2. The van der Waals surface area contributed by atoms with Gasteiger partial charge in [-0.1, -0.05) is 12.1 Å². The van der Waals surface area contributed by atoms with Crippen LogP contribution in [0.1, 0.15) is 62.0 Å². The minimum atomic E-state index is -0.288. The van der Waals surface area contributed by atoms with Crippen LogP contribution < -0.4 is 18.9 Å². The highest BCUT2D eigenvalue weighted by Crippen LogP contribution is 2.42. The Morgan fingerprint density at radius 3 is 2.55 bits per heavy atom. The van der Waals surface area contributed by atoms with Crippen LogP contribution in [-0.2, 0) is 4.79 Å². The number of carbonyl (C=O) groups excluding carboxylic acids is 1. The van der Waals surface area contributed by atoms with Gasteiger partial charge in [-0.25, -0.2) is 0 Å². The number of nitrogens with zero attached hydrogens (tertiary/aromatic N) is 1. The number of rotatable bonds is 7. The Bertz CT molecular complexity index is 952. The fourth-order valence-electron chi connectivity index (χ4n) is 5.18. The van der Waals surface area contributed by atoms with Crippen LogP contribution >= 0.6 is 0 Å². The molecule has 2 heterocycles. The molecule has 2 aromatic rings. The molecule has 33 heavy (non-hydrogen) atoms. The topological polar surface area (TPSA) is 57.2 Å². The summed E-state index contributed by atoms with van der Waals surface area (Å²) in [6.45, 7) is 5.37. The quantitative estimate of drug-likeness (QED) is 0.427. The van der Waals surface area contributed by atoms with Gasteiger partial charge in [0.1, 0.15) is 11.5 Å². The molecule has 1 saturated heterocycles. The normalized spacial score (nSPS) is 19.2. The maximum Gasteiger partial charge on any atom is 0.308 e. The largest absolute Gasteiger partial charge is 0.493 e. The van der Waals surface area contributed by atoms with Crippen molar-refractivity contribution in [3.05, 3.63) is 47.5 Å². The molecule has 1 fully saturated rings. The van der Waals surface area contributed by atoms with Gasteiger partial charge in [-0.2, -0.15) is 0 Å². The minimum absolute atomic E-state index is 0.288. The summed E-state index contributed by atoms with van der Waals surface area (Å²) in [6, 6.07) is 12.1. The van der Waals surface area contributed by atoms with Crippen LogP contribution in [0.4, 0.5) is 0 Å². The Labute approximate surface area is 196 Å². The monoisotopic (exact) mass is 453 g/mol. The molecule has 178 valence electrons. The first-order chi connectivity index (χ1) is 16.1. The predicted molar refractivity (Wildman–Crippen MR) is 128 cm³/mol. The molecule has 6 heteroatoms. The Morgan fingerprint density at radius 2 is 1.82 bits per heavy atom. The molecular weight excluding hydrogens is 418 g/mol. The van der Waals surface area contributed by atoms with Crippen LogP contribution in [0.2, 0.25) is 0 Å². The van der Waals surface area contributed by atoms with E-state index in [0.717, 1.165) is 74.6 Å². The fraction of sp³-hybridized carbons (Fsp3) is 0.519. The molecule has 1 atom stereocenters. The van der Waals surface area contributed by atoms with Gasteiger partial charge in [-0.3, -0.25) is 4.79 Å². The van der Waals surface area contributed by atoms with Gasteiger partial charge < -0.3 is 23.8 Å². The number of hydrogen-bond acceptors (Lipinski definition) is 6. The molecule has 0 N–H and O–H groups in total. The summed E-state index contributed by atoms with van der Waals surface area (Å²) in [5, 5.41) is 0. The average Bonchev–Trinajstić information content (AvgIpc) is 3.05. The molecule has 0 aliphatic carbocycles. The van der Waals surface area contributed by atoms with Crippen molar-refractivity contribution in [3.63, 3.8) is 0 Å². The molecule has 0 aromatic heterocycles. The van der Waals surface area contributed by atoms with Gasteiger partial charge in [-0.15, -0.1) is 0 Å². The lowest BCUT2D eigenvalue weighted by Gasteiger charge is -2.33. The molecule has 0 amide bonds. The summed E-state index contributed by atoms with van der Waals surface area (Å²) in [5.74, 6) is 3.69. The van der Waals surface area contributed by atoms with E-state index in [0.29, 0.717) is 24.2 Å². The number of benzene rings is 2. The molecule has 4 rings (SSSR count). The van der Waals surface area contributed by atoms with Crippen LogP contribution in [-0.4, -0.2) is 51.3 Å². The van der Waals surface area contributed by atoms with Crippen molar-refractivity contribution in [2.45, 2.75) is 50.9 Å². The summed E-state index contributed by atoms with van der Waals surface area (Å²) in [7, 11) is 3.36. The molecule has 2 aliphatic rings.